The van der Waals surface area contributed by atoms with E-state index in [0.29, 0.717) is 19.0 Å². The number of hydrogen-bond donors (Lipinski definition) is 1. The average molecular weight is 258 g/mol. The van der Waals surface area contributed by atoms with Gasteiger partial charge in [0.2, 0.25) is 5.95 Å². The fraction of sp³-hybridized carbons (Fsp3) is 0.231. The van der Waals surface area contributed by atoms with Crippen molar-refractivity contribution in [2.24, 2.45) is 0 Å². The van der Waals surface area contributed by atoms with Crippen LogP contribution in [0.2, 0.25) is 0 Å². The molecule has 2 heterocycles. The predicted octanol–water partition coefficient (Wildman–Crippen LogP) is 1.60. The molecule has 0 atom stereocenters. The van der Waals surface area contributed by atoms with E-state index in [1.807, 2.05) is 24.0 Å². The van der Waals surface area contributed by atoms with Gasteiger partial charge in [0, 0.05) is 31.7 Å². The molecule has 0 radical (unpaired) electrons. The van der Waals surface area contributed by atoms with Crippen molar-refractivity contribution >= 4 is 11.9 Å². The van der Waals surface area contributed by atoms with E-state index < -0.39 is 5.97 Å². The number of pyridine rings is 1. The number of aromatic carboxylic acids is 1. The second-order valence-corrected chi connectivity index (χ2v) is 3.92. The number of nitrogens with zero attached hydrogens (tertiary/aromatic N) is 4. The topological polar surface area (TPSA) is 79.2 Å². The highest BCUT2D eigenvalue weighted by Gasteiger charge is 2.11. The van der Waals surface area contributed by atoms with Gasteiger partial charge in [0.15, 0.2) is 5.69 Å². The summed E-state index contributed by atoms with van der Waals surface area (Å²) < 4.78 is 0. The van der Waals surface area contributed by atoms with Crippen LogP contribution in [0.3, 0.4) is 0 Å². The summed E-state index contributed by atoms with van der Waals surface area (Å²) in [6.45, 7) is 3.27. The molecule has 0 aliphatic carbocycles. The van der Waals surface area contributed by atoms with Crippen LogP contribution in [-0.2, 0) is 6.54 Å². The van der Waals surface area contributed by atoms with E-state index in [4.69, 9.17) is 5.11 Å². The van der Waals surface area contributed by atoms with E-state index >= 15 is 0 Å². The Morgan fingerprint density at radius 3 is 2.63 bits per heavy atom. The van der Waals surface area contributed by atoms with E-state index in [1.54, 1.807) is 12.4 Å². The van der Waals surface area contributed by atoms with Crippen molar-refractivity contribution in [1.29, 1.82) is 0 Å². The summed E-state index contributed by atoms with van der Waals surface area (Å²) in [7, 11) is 0. The van der Waals surface area contributed by atoms with Crippen molar-refractivity contribution < 1.29 is 9.90 Å². The number of aromatic nitrogens is 3. The number of carboxylic acids is 1. The smallest absolute Gasteiger partial charge is 0.354 e. The number of carbonyl (C=O) groups is 1. The van der Waals surface area contributed by atoms with E-state index in [0.717, 1.165) is 5.56 Å². The lowest BCUT2D eigenvalue weighted by atomic mass is 10.2. The molecule has 6 nitrogen and oxygen atoms in total. The van der Waals surface area contributed by atoms with Crippen LogP contribution in [0.5, 0.6) is 0 Å². The van der Waals surface area contributed by atoms with E-state index in [-0.39, 0.29) is 5.69 Å². The molecule has 2 rings (SSSR count). The molecule has 0 spiro atoms. The summed E-state index contributed by atoms with van der Waals surface area (Å²) in [5, 5.41) is 8.94. The number of carboxylic acid groups (broad SMARTS) is 1. The van der Waals surface area contributed by atoms with Gasteiger partial charge in [0.1, 0.15) is 0 Å². The van der Waals surface area contributed by atoms with Gasteiger partial charge >= 0.3 is 5.97 Å². The van der Waals surface area contributed by atoms with Crippen LogP contribution in [0.25, 0.3) is 0 Å². The normalized spacial score (nSPS) is 10.2. The third kappa shape index (κ3) is 3.25. The van der Waals surface area contributed by atoms with Crippen LogP contribution in [0.4, 0.5) is 5.95 Å². The fourth-order valence-electron chi connectivity index (χ4n) is 1.65. The van der Waals surface area contributed by atoms with Crippen molar-refractivity contribution in [3.05, 3.63) is 48.0 Å². The maximum absolute atomic E-state index is 10.9. The minimum atomic E-state index is -1.05. The van der Waals surface area contributed by atoms with Crippen LogP contribution in [0.1, 0.15) is 23.0 Å². The van der Waals surface area contributed by atoms with Gasteiger partial charge in [-0.2, -0.15) is 0 Å². The molecule has 0 fully saturated rings. The van der Waals surface area contributed by atoms with E-state index in [9.17, 15) is 4.79 Å². The van der Waals surface area contributed by atoms with Crippen LogP contribution in [0.15, 0.2) is 36.8 Å². The van der Waals surface area contributed by atoms with Gasteiger partial charge in [-0.15, -0.1) is 0 Å². The van der Waals surface area contributed by atoms with Crippen LogP contribution >= 0.6 is 0 Å². The van der Waals surface area contributed by atoms with Gasteiger partial charge in [0.25, 0.3) is 0 Å². The SMILES string of the molecule is CCN(Cc1ccncc1)c1nccc(C(=O)O)n1. The highest BCUT2D eigenvalue weighted by Crippen LogP contribution is 2.11. The Hall–Kier alpha value is -2.50. The molecular formula is C13H14N4O2. The van der Waals surface area contributed by atoms with Gasteiger partial charge < -0.3 is 10.0 Å². The Balaban J connectivity index is 2.22. The van der Waals surface area contributed by atoms with Gasteiger partial charge in [0.05, 0.1) is 0 Å². The standard InChI is InChI=1S/C13H14N4O2/c1-2-17(9-10-3-6-14-7-4-10)13-15-8-5-11(16-13)12(18)19/h3-8H,2,9H2,1H3,(H,18,19). The van der Waals surface area contributed by atoms with E-state index in [1.165, 1.54) is 12.3 Å². The third-order valence-electron chi connectivity index (χ3n) is 2.65. The molecule has 0 amide bonds. The highest BCUT2D eigenvalue weighted by molar-refractivity contribution is 5.85. The zero-order valence-electron chi connectivity index (χ0n) is 10.5. The first-order valence-corrected chi connectivity index (χ1v) is 5.91. The second-order valence-electron chi connectivity index (χ2n) is 3.92. The fourth-order valence-corrected chi connectivity index (χ4v) is 1.65. The molecule has 0 aliphatic rings. The first kappa shape index (κ1) is 12.9. The summed E-state index contributed by atoms with van der Waals surface area (Å²) in [5.74, 6) is -0.636. The zero-order valence-corrected chi connectivity index (χ0v) is 10.5. The summed E-state index contributed by atoms with van der Waals surface area (Å²) in [6, 6.07) is 5.19. The van der Waals surface area contributed by atoms with Crippen LogP contribution in [0, 0.1) is 0 Å². The summed E-state index contributed by atoms with van der Waals surface area (Å²) in [4.78, 5) is 24.9. The molecule has 0 bridgehead atoms. The Bertz CT molecular complexity index is 560. The Morgan fingerprint density at radius 2 is 2.00 bits per heavy atom. The molecule has 19 heavy (non-hydrogen) atoms. The molecular weight excluding hydrogens is 244 g/mol. The lowest BCUT2D eigenvalue weighted by molar-refractivity contribution is 0.0690. The molecule has 0 aromatic carbocycles. The predicted molar refractivity (Wildman–Crippen MR) is 70.0 cm³/mol. The van der Waals surface area contributed by atoms with Gasteiger partial charge in [-0.1, -0.05) is 0 Å². The van der Waals surface area contributed by atoms with Gasteiger partial charge in [-0.05, 0) is 30.7 Å². The molecule has 2 aromatic rings. The van der Waals surface area contributed by atoms with Crippen LogP contribution < -0.4 is 4.90 Å². The number of hydrogen-bond acceptors (Lipinski definition) is 5. The number of anilines is 1. The molecule has 98 valence electrons. The van der Waals surface area contributed by atoms with Gasteiger partial charge in [-0.3, -0.25) is 4.98 Å². The largest absolute Gasteiger partial charge is 0.477 e. The number of rotatable bonds is 5. The van der Waals surface area contributed by atoms with Crippen LogP contribution in [-0.4, -0.2) is 32.6 Å². The maximum Gasteiger partial charge on any atom is 0.354 e. The second kappa shape index (κ2) is 5.90. The lowest BCUT2D eigenvalue weighted by Crippen LogP contribution is -2.24. The van der Waals surface area contributed by atoms with Crippen molar-refractivity contribution in [2.75, 3.05) is 11.4 Å². The molecule has 0 saturated heterocycles. The van der Waals surface area contributed by atoms with Crippen molar-refractivity contribution in [3.63, 3.8) is 0 Å². The first-order valence-electron chi connectivity index (χ1n) is 5.91. The van der Waals surface area contributed by atoms with Crippen molar-refractivity contribution in [2.45, 2.75) is 13.5 Å². The van der Waals surface area contributed by atoms with Crippen molar-refractivity contribution in [1.82, 2.24) is 15.0 Å². The minimum Gasteiger partial charge on any atom is -0.477 e. The summed E-state index contributed by atoms with van der Waals surface area (Å²) >= 11 is 0. The lowest BCUT2D eigenvalue weighted by Gasteiger charge is -2.20. The van der Waals surface area contributed by atoms with Crippen molar-refractivity contribution in [3.8, 4) is 0 Å². The maximum atomic E-state index is 10.9. The molecule has 0 saturated carbocycles. The van der Waals surface area contributed by atoms with E-state index in [2.05, 4.69) is 15.0 Å². The summed E-state index contributed by atoms with van der Waals surface area (Å²) in [5.41, 5.74) is 1.07. The molecule has 2 aromatic heterocycles. The Labute approximate surface area is 110 Å². The first-order chi connectivity index (χ1) is 9.20. The Morgan fingerprint density at radius 1 is 1.26 bits per heavy atom. The highest BCUT2D eigenvalue weighted by atomic mass is 16.4. The zero-order chi connectivity index (χ0) is 13.7. The monoisotopic (exact) mass is 258 g/mol. The minimum absolute atomic E-state index is 0.00169. The quantitative estimate of drug-likeness (QED) is 0.877. The summed E-state index contributed by atoms with van der Waals surface area (Å²) in [6.07, 6.45) is 4.90. The Kier molecular flexibility index (Phi) is 4.02. The molecule has 0 unspecified atom stereocenters. The molecule has 0 aliphatic heterocycles. The third-order valence-corrected chi connectivity index (χ3v) is 2.65. The van der Waals surface area contributed by atoms with Gasteiger partial charge in [-0.25, -0.2) is 14.8 Å². The average Bonchev–Trinajstić information content (AvgIpc) is 2.46. The molecule has 1 N–H and O–H groups in total. The molecule has 6 heteroatoms.